The van der Waals surface area contributed by atoms with Gasteiger partial charge in [0.2, 0.25) is 5.91 Å². The van der Waals surface area contributed by atoms with Gasteiger partial charge in [0.15, 0.2) is 0 Å². The first-order valence-corrected chi connectivity index (χ1v) is 8.15. The van der Waals surface area contributed by atoms with Gasteiger partial charge in [-0.1, -0.05) is 43.9 Å². The molecule has 1 aromatic carbocycles. The molecule has 0 heterocycles. The van der Waals surface area contributed by atoms with Crippen LogP contribution in [0.15, 0.2) is 24.3 Å². The molecule has 0 aromatic heterocycles. The maximum Gasteiger partial charge on any atom is 0.232 e. The summed E-state index contributed by atoms with van der Waals surface area (Å²) in [6, 6.07) is 8.24. The standard InChI is InChI=1S/C18H28N2O/c1-15-7-9-16(10-8-15)20(14-6-13-19)17(21)18(2)11-4-3-5-12-18/h7-10H,3-6,11-14,19H2,1-2H3. The predicted octanol–water partition coefficient (Wildman–Crippen LogP) is 3.65. The average Bonchev–Trinajstić information content (AvgIpc) is 2.50. The van der Waals surface area contributed by atoms with Crippen LogP contribution in [0.3, 0.4) is 0 Å². The van der Waals surface area contributed by atoms with E-state index in [1.807, 2.05) is 4.90 Å². The molecule has 1 amide bonds. The van der Waals surface area contributed by atoms with Crippen LogP contribution in [0, 0.1) is 12.3 Å². The minimum absolute atomic E-state index is 0.197. The summed E-state index contributed by atoms with van der Waals surface area (Å²) in [4.78, 5) is 15.1. The fourth-order valence-electron chi connectivity index (χ4n) is 3.19. The Balaban J connectivity index is 2.22. The molecule has 1 fully saturated rings. The van der Waals surface area contributed by atoms with Crippen molar-refractivity contribution < 1.29 is 4.79 Å². The quantitative estimate of drug-likeness (QED) is 0.899. The van der Waals surface area contributed by atoms with Crippen LogP contribution in [0.5, 0.6) is 0 Å². The van der Waals surface area contributed by atoms with Crippen molar-refractivity contribution in [3.63, 3.8) is 0 Å². The summed E-state index contributed by atoms with van der Waals surface area (Å²) in [5.74, 6) is 0.277. The first kappa shape index (κ1) is 16.0. The lowest BCUT2D eigenvalue weighted by Crippen LogP contribution is -2.44. The molecule has 0 aliphatic heterocycles. The Kier molecular flexibility index (Phi) is 5.40. The van der Waals surface area contributed by atoms with E-state index in [0.717, 1.165) is 24.9 Å². The third-order valence-corrected chi connectivity index (χ3v) is 4.65. The number of benzene rings is 1. The zero-order valence-corrected chi connectivity index (χ0v) is 13.4. The number of aryl methyl sites for hydroxylation is 1. The molecule has 0 saturated heterocycles. The monoisotopic (exact) mass is 288 g/mol. The van der Waals surface area contributed by atoms with Crippen LogP contribution in [0.25, 0.3) is 0 Å². The van der Waals surface area contributed by atoms with E-state index in [2.05, 4.69) is 38.1 Å². The van der Waals surface area contributed by atoms with Crippen LogP contribution in [0.2, 0.25) is 0 Å². The molecular formula is C18H28N2O. The van der Waals surface area contributed by atoms with Gasteiger partial charge in [0.1, 0.15) is 0 Å². The molecule has 0 radical (unpaired) electrons. The fraction of sp³-hybridized carbons (Fsp3) is 0.611. The number of hydrogen-bond acceptors (Lipinski definition) is 2. The molecule has 0 spiro atoms. The lowest BCUT2D eigenvalue weighted by atomic mass is 9.74. The van der Waals surface area contributed by atoms with Crippen LogP contribution in [0.1, 0.15) is 51.0 Å². The maximum absolute atomic E-state index is 13.1. The molecule has 0 bridgehead atoms. The Morgan fingerprint density at radius 1 is 1.19 bits per heavy atom. The molecule has 21 heavy (non-hydrogen) atoms. The summed E-state index contributed by atoms with van der Waals surface area (Å²) in [7, 11) is 0. The van der Waals surface area contributed by atoms with Crippen LogP contribution in [-0.4, -0.2) is 19.0 Å². The summed E-state index contributed by atoms with van der Waals surface area (Å²) >= 11 is 0. The summed E-state index contributed by atoms with van der Waals surface area (Å²) in [5.41, 5.74) is 7.68. The van der Waals surface area contributed by atoms with Crippen LogP contribution < -0.4 is 10.6 Å². The Morgan fingerprint density at radius 2 is 1.81 bits per heavy atom. The number of hydrogen-bond donors (Lipinski definition) is 1. The number of nitrogens with zero attached hydrogens (tertiary/aromatic N) is 1. The molecule has 1 aliphatic rings. The van der Waals surface area contributed by atoms with Crippen molar-refractivity contribution in [3.8, 4) is 0 Å². The SMILES string of the molecule is Cc1ccc(N(CCCN)C(=O)C2(C)CCCCC2)cc1. The fourth-order valence-corrected chi connectivity index (χ4v) is 3.19. The van der Waals surface area contributed by atoms with Crippen LogP contribution in [0.4, 0.5) is 5.69 Å². The summed E-state index contributed by atoms with van der Waals surface area (Å²) in [6.45, 7) is 5.54. The van der Waals surface area contributed by atoms with Gasteiger partial charge in [0.25, 0.3) is 0 Å². The topological polar surface area (TPSA) is 46.3 Å². The van der Waals surface area contributed by atoms with E-state index < -0.39 is 0 Å². The highest BCUT2D eigenvalue weighted by Crippen LogP contribution is 2.38. The van der Waals surface area contributed by atoms with Crippen molar-refractivity contribution in [2.24, 2.45) is 11.1 Å². The molecule has 116 valence electrons. The molecule has 2 N–H and O–H groups in total. The van der Waals surface area contributed by atoms with Gasteiger partial charge in [-0.3, -0.25) is 4.79 Å². The first-order chi connectivity index (χ1) is 10.1. The number of nitrogens with two attached hydrogens (primary N) is 1. The molecular weight excluding hydrogens is 260 g/mol. The number of anilines is 1. The lowest BCUT2D eigenvalue weighted by molar-refractivity contribution is -0.129. The number of carbonyl (C=O) groups excluding carboxylic acids is 1. The lowest BCUT2D eigenvalue weighted by Gasteiger charge is -2.37. The van der Waals surface area contributed by atoms with Gasteiger partial charge in [0, 0.05) is 17.6 Å². The van der Waals surface area contributed by atoms with Gasteiger partial charge in [0.05, 0.1) is 0 Å². The Labute approximate surface area is 128 Å². The summed E-state index contributed by atoms with van der Waals surface area (Å²) < 4.78 is 0. The van der Waals surface area contributed by atoms with Crippen molar-refractivity contribution in [1.29, 1.82) is 0 Å². The third kappa shape index (κ3) is 3.85. The second kappa shape index (κ2) is 7.08. The van der Waals surface area contributed by atoms with Gasteiger partial charge in [-0.25, -0.2) is 0 Å². The Hall–Kier alpha value is -1.35. The molecule has 3 nitrogen and oxygen atoms in total. The van der Waals surface area contributed by atoms with E-state index in [4.69, 9.17) is 5.73 Å². The van der Waals surface area contributed by atoms with Crippen molar-refractivity contribution in [3.05, 3.63) is 29.8 Å². The summed E-state index contributed by atoms with van der Waals surface area (Å²) in [5, 5.41) is 0. The molecule has 0 unspecified atom stereocenters. The predicted molar refractivity (Wildman–Crippen MR) is 88.4 cm³/mol. The third-order valence-electron chi connectivity index (χ3n) is 4.65. The highest BCUT2D eigenvalue weighted by Gasteiger charge is 2.37. The van der Waals surface area contributed by atoms with Crippen LogP contribution in [-0.2, 0) is 4.79 Å². The average molecular weight is 288 g/mol. The van der Waals surface area contributed by atoms with Gasteiger partial charge >= 0.3 is 0 Å². The van der Waals surface area contributed by atoms with Crippen molar-refractivity contribution in [2.75, 3.05) is 18.0 Å². The van der Waals surface area contributed by atoms with Gasteiger partial charge in [-0.15, -0.1) is 0 Å². The van der Waals surface area contributed by atoms with E-state index in [1.54, 1.807) is 0 Å². The second-order valence-corrected chi connectivity index (χ2v) is 6.56. The minimum Gasteiger partial charge on any atom is -0.330 e. The smallest absolute Gasteiger partial charge is 0.232 e. The van der Waals surface area contributed by atoms with E-state index in [-0.39, 0.29) is 11.3 Å². The van der Waals surface area contributed by atoms with Crippen molar-refractivity contribution >= 4 is 11.6 Å². The Morgan fingerprint density at radius 3 is 2.38 bits per heavy atom. The zero-order chi connectivity index (χ0) is 15.3. The van der Waals surface area contributed by atoms with Gasteiger partial charge in [-0.2, -0.15) is 0 Å². The molecule has 1 saturated carbocycles. The molecule has 0 atom stereocenters. The van der Waals surface area contributed by atoms with Crippen molar-refractivity contribution in [1.82, 2.24) is 0 Å². The van der Waals surface area contributed by atoms with Gasteiger partial charge < -0.3 is 10.6 Å². The second-order valence-electron chi connectivity index (χ2n) is 6.56. The molecule has 1 aromatic rings. The molecule has 3 heteroatoms. The summed E-state index contributed by atoms with van der Waals surface area (Å²) in [6.07, 6.45) is 6.46. The normalized spacial score (nSPS) is 17.5. The highest BCUT2D eigenvalue weighted by molar-refractivity contribution is 5.97. The number of carbonyl (C=O) groups is 1. The van der Waals surface area contributed by atoms with Crippen molar-refractivity contribution in [2.45, 2.75) is 52.4 Å². The molecule has 1 aliphatic carbocycles. The first-order valence-electron chi connectivity index (χ1n) is 8.15. The van der Waals surface area contributed by atoms with E-state index in [9.17, 15) is 4.79 Å². The van der Waals surface area contributed by atoms with Gasteiger partial charge in [-0.05, 0) is 44.9 Å². The maximum atomic E-state index is 13.1. The van der Waals surface area contributed by atoms with E-state index in [0.29, 0.717) is 13.1 Å². The van der Waals surface area contributed by atoms with E-state index in [1.165, 1.54) is 24.8 Å². The zero-order valence-electron chi connectivity index (χ0n) is 13.4. The van der Waals surface area contributed by atoms with E-state index >= 15 is 0 Å². The Bertz CT molecular complexity index is 461. The van der Waals surface area contributed by atoms with Crippen LogP contribution >= 0.6 is 0 Å². The highest BCUT2D eigenvalue weighted by atomic mass is 16.2. The minimum atomic E-state index is -0.197. The molecule has 2 rings (SSSR count). The largest absolute Gasteiger partial charge is 0.330 e. The number of amides is 1. The number of rotatable bonds is 5.